The first kappa shape index (κ1) is 12.8. The van der Waals surface area contributed by atoms with E-state index in [-0.39, 0.29) is 5.84 Å². The van der Waals surface area contributed by atoms with E-state index in [1.165, 1.54) is 0 Å². The summed E-state index contributed by atoms with van der Waals surface area (Å²) in [4.78, 5) is 6.05. The molecule has 0 saturated carbocycles. The first-order valence-electron chi connectivity index (χ1n) is 6.10. The second-order valence-corrected chi connectivity index (χ2v) is 5.34. The zero-order valence-corrected chi connectivity index (χ0v) is 11.4. The van der Waals surface area contributed by atoms with Gasteiger partial charge in [-0.25, -0.2) is 0 Å². The number of rotatable bonds is 3. The maximum Gasteiger partial charge on any atom is 0.162 e. The lowest BCUT2D eigenvalue weighted by Gasteiger charge is -2.18. The molecule has 0 aliphatic carbocycles. The first-order chi connectivity index (χ1) is 9.72. The summed E-state index contributed by atoms with van der Waals surface area (Å²) in [6, 6.07) is 9.51. The fourth-order valence-corrected chi connectivity index (χ4v) is 2.72. The van der Waals surface area contributed by atoms with Crippen molar-refractivity contribution in [1.29, 1.82) is 5.41 Å². The lowest BCUT2D eigenvalue weighted by molar-refractivity contribution is 0.171. The van der Waals surface area contributed by atoms with E-state index in [4.69, 9.17) is 20.6 Å². The number of nitrogens with one attached hydrogen (secondary N) is 1. The van der Waals surface area contributed by atoms with Crippen LogP contribution in [0.25, 0.3) is 0 Å². The standard InChI is InChI=1S/C14H13N3O2S/c15-14(16)11-7-10(3-4-17-11)20-9-1-2-12-13(8-9)19-6-5-18-12/h1-4,7-8H,5-6H2,(H3,15,16). The quantitative estimate of drug-likeness (QED) is 0.668. The van der Waals surface area contributed by atoms with Crippen molar-refractivity contribution < 1.29 is 9.47 Å². The number of nitrogens with zero attached hydrogens (tertiary/aromatic N) is 1. The molecule has 0 fully saturated rings. The molecule has 0 radical (unpaired) electrons. The number of ether oxygens (including phenoxy) is 2. The summed E-state index contributed by atoms with van der Waals surface area (Å²) in [6.45, 7) is 1.16. The summed E-state index contributed by atoms with van der Waals surface area (Å²) in [5.41, 5.74) is 5.92. The van der Waals surface area contributed by atoms with Crippen molar-refractivity contribution in [3.63, 3.8) is 0 Å². The Hall–Kier alpha value is -2.21. The molecule has 3 N–H and O–H groups in total. The second-order valence-electron chi connectivity index (χ2n) is 4.20. The maximum atomic E-state index is 7.41. The summed E-state index contributed by atoms with van der Waals surface area (Å²) in [5.74, 6) is 1.51. The highest BCUT2D eigenvalue weighted by Gasteiger charge is 2.12. The van der Waals surface area contributed by atoms with Crippen LogP contribution in [0.15, 0.2) is 46.3 Å². The molecule has 2 heterocycles. The number of fused-ring (bicyclic) bond motifs is 1. The summed E-state index contributed by atoms with van der Waals surface area (Å²) in [5, 5.41) is 7.41. The monoisotopic (exact) mass is 287 g/mol. The highest BCUT2D eigenvalue weighted by molar-refractivity contribution is 7.99. The minimum Gasteiger partial charge on any atom is -0.486 e. The van der Waals surface area contributed by atoms with Gasteiger partial charge in [-0.15, -0.1) is 0 Å². The molecule has 1 aromatic carbocycles. The summed E-state index contributed by atoms with van der Waals surface area (Å²) < 4.78 is 11.0. The van der Waals surface area contributed by atoms with Crippen LogP contribution < -0.4 is 15.2 Å². The average molecular weight is 287 g/mol. The molecule has 0 bridgehead atoms. The molecule has 0 amide bonds. The number of hydrogen-bond acceptors (Lipinski definition) is 5. The van der Waals surface area contributed by atoms with E-state index in [9.17, 15) is 0 Å². The van der Waals surface area contributed by atoms with Gasteiger partial charge in [0.15, 0.2) is 11.5 Å². The van der Waals surface area contributed by atoms with Gasteiger partial charge in [0.05, 0.1) is 0 Å². The number of amidine groups is 1. The molecule has 5 nitrogen and oxygen atoms in total. The van der Waals surface area contributed by atoms with E-state index < -0.39 is 0 Å². The Balaban J connectivity index is 1.84. The fourth-order valence-electron chi connectivity index (χ4n) is 1.85. The van der Waals surface area contributed by atoms with Crippen molar-refractivity contribution in [1.82, 2.24) is 4.98 Å². The minimum atomic E-state index is -0.0328. The third-order valence-corrected chi connectivity index (χ3v) is 3.74. The molecule has 1 aliphatic heterocycles. The van der Waals surface area contributed by atoms with Gasteiger partial charge in [0, 0.05) is 16.0 Å². The van der Waals surface area contributed by atoms with E-state index in [2.05, 4.69) is 4.98 Å². The van der Waals surface area contributed by atoms with Crippen LogP contribution in [0.1, 0.15) is 5.69 Å². The molecule has 0 atom stereocenters. The lowest BCUT2D eigenvalue weighted by Crippen LogP contribution is -2.15. The van der Waals surface area contributed by atoms with Gasteiger partial charge < -0.3 is 15.2 Å². The van der Waals surface area contributed by atoms with Crippen molar-refractivity contribution in [2.24, 2.45) is 5.73 Å². The molecule has 1 aliphatic rings. The number of pyridine rings is 1. The van der Waals surface area contributed by atoms with Gasteiger partial charge in [0.25, 0.3) is 0 Å². The number of aromatic nitrogens is 1. The third kappa shape index (κ3) is 2.70. The number of hydrogen-bond donors (Lipinski definition) is 2. The Morgan fingerprint density at radius 3 is 2.65 bits per heavy atom. The van der Waals surface area contributed by atoms with Crippen LogP contribution in [0.3, 0.4) is 0 Å². The number of nitrogen functional groups attached to an aromatic ring is 1. The van der Waals surface area contributed by atoms with Crippen LogP contribution in [0.4, 0.5) is 0 Å². The van der Waals surface area contributed by atoms with Crippen molar-refractivity contribution in [2.45, 2.75) is 9.79 Å². The molecule has 0 unspecified atom stereocenters. The largest absolute Gasteiger partial charge is 0.486 e. The highest BCUT2D eigenvalue weighted by atomic mass is 32.2. The highest BCUT2D eigenvalue weighted by Crippen LogP contribution is 2.36. The van der Waals surface area contributed by atoms with Gasteiger partial charge in [-0.3, -0.25) is 10.4 Å². The third-order valence-electron chi connectivity index (χ3n) is 2.76. The van der Waals surface area contributed by atoms with Crippen molar-refractivity contribution in [3.05, 3.63) is 42.2 Å². The second kappa shape index (κ2) is 5.42. The van der Waals surface area contributed by atoms with E-state index in [1.807, 2.05) is 24.3 Å². The Bertz CT molecular complexity index is 661. The van der Waals surface area contributed by atoms with Crippen LogP contribution in [0, 0.1) is 5.41 Å². The Morgan fingerprint density at radius 2 is 1.85 bits per heavy atom. The summed E-state index contributed by atoms with van der Waals surface area (Å²) in [6.07, 6.45) is 1.65. The lowest BCUT2D eigenvalue weighted by atomic mass is 10.3. The van der Waals surface area contributed by atoms with Crippen LogP contribution >= 0.6 is 11.8 Å². The molecular formula is C14H13N3O2S. The van der Waals surface area contributed by atoms with Crippen LogP contribution in [0.5, 0.6) is 11.5 Å². The van der Waals surface area contributed by atoms with Gasteiger partial charge in [-0.05, 0) is 30.3 Å². The molecule has 20 heavy (non-hydrogen) atoms. The zero-order chi connectivity index (χ0) is 13.9. The molecule has 6 heteroatoms. The predicted octanol–water partition coefficient (Wildman–Crippen LogP) is 2.29. The Kier molecular flexibility index (Phi) is 3.47. The average Bonchev–Trinajstić information content (AvgIpc) is 2.47. The predicted molar refractivity (Wildman–Crippen MR) is 76.8 cm³/mol. The molecule has 2 aromatic rings. The zero-order valence-electron chi connectivity index (χ0n) is 10.6. The topological polar surface area (TPSA) is 81.2 Å². The summed E-state index contributed by atoms with van der Waals surface area (Å²) >= 11 is 1.56. The normalized spacial score (nSPS) is 13.0. The van der Waals surface area contributed by atoms with Crippen molar-refractivity contribution >= 4 is 17.6 Å². The number of nitrogens with two attached hydrogens (primary N) is 1. The van der Waals surface area contributed by atoms with Crippen LogP contribution in [0.2, 0.25) is 0 Å². The molecule has 0 spiro atoms. The van der Waals surface area contributed by atoms with Gasteiger partial charge in [-0.2, -0.15) is 0 Å². The van der Waals surface area contributed by atoms with Crippen LogP contribution in [-0.2, 0) is 0 Å². The SMILES string of the molecule is N=C(N)c1cc(Sc2ccc3c(c2)OCCO3)ccn1. The maximum absolute atomic E-state index is 7.41. The number of benzene rings is 1. The van der Waals surface area contributed by atoms with Crippen LogP contribution in [-0.4, -0.2) is 24.0 Å². The van der Waals surface area contributed by atoms with Gasteiger partial charge in [0.1, 0.15) is 24.7 Å². The molecule has 3 rings (SSSR count). The molecule has 1 aromatic heterocycles. The van der Waals surface area contributed by atoms with Gasteiger partial charge >= 0.3 is 0 Å². The first-order valence-corrected chi connectivity index (χ1v) is 6.92. The molecular weight excluding hydrogens is 274 g/mol. The Morgan fingerprint density at radius 1 is 1.10 bits per heavy atom. The van der Waals surface area contributed by atoms with E-state index in [0.29, 0.717) is 18.9 Å². The van der Waals surface area contributed by atoms with Gasteiger partial charge in [-0.1, -0.05) is 11.8 Å². The van der Waals surface area contributed by atoms with Crippen molar-refractivity contribution in [3.8, 4) is 11.5 Å². The van der Waals surface area contributed by atoms with E-state index in [1.54, 1.807) is 24.0 Å². The van der Waals surface area contributed by atoms with E-state index >= 15 is 0 Å². The van der Waals surface area contributed by atoms with Gasteiger partial charge in [0.2, 0.25) is 0 Å². The van der Waals surface area contributed by atoms with Crippen molar-refractivity contribution in [2.75, 3.05) is 13.2 Å². The molecule has 102 valence electrons. The minimum absolute atomic E-state index is 0.0328. The fraction of sp³-hybridized carbons (Fsp3) is 0.143. The van der Waals surface area contributed by atoms with E-state index in [0.717, 1.165) is 21.3 Å². The smallest absolute Gasteiger partial charge is 0.162 e. The summed E-state index contributed by atoms with van der Waals surface area (Å²) in [7, 11) is 0. The molecule has 0 saturated heterocycles. The Labute approximate surface area is 120 Å².